The van der Waals surface area contributed by atoms with Gasteiger partial charge in [-0.15, -0.1) is 11.3 Å². The normalized spacial score (nSPS) is 12.1. The molecule has 98 valence electrons. The van der Waals surface area contributed by atoms with E-state index in [4.69, 9.17) is 4.74 Å². The van der Waals surface area contributed by atoms with E-state index in [1.165, 1.54) is 31.6 Å². The highest BCUT2D eigenvalue weighted by atomic mass is 32.1. The summed E-state index contributed by atoms with van der Waals surface area (Å²) in [6.45, 7) is 0. The summed E-state index contributed by atoms with van der Waals surface area (Å²) in [5, 5.41) is 1.88. The number of hydrogen-bond donors (Lipinski definition) is 0. The largest absolute Gasteiger partial charge is 0.508 e. The van der Waals surface area contributed by atoms with Gasteiger partial charge in [-0.3, -0.25) is 0 Å². The van der Waals surface area contributed by atoms with Crippen LogP contribution in [-0.4, -0.2) is 26.3 Å². The molecular formula is C12H14O5S. The van der Waals surface area contributed by atoms with Gasteiger partial charge in [0.2, 0.25) is 0 Å². The second kappa shape index (κ2) is 7.50. The van der Waals surface area contributed by atoms with Gasteiger partial charge in [0.1, 0.15) is 6.10 Å². The van der Waals surface area contributed by atoms with E-state index in [0.717, 1.165) is 4.88 Å². The van der Waals surface area contributed by atoms with E-state index in [-0.39, 0.29) is 0 Å². The third-order valence-electron chi connectivity index (χ3n) is 2.07. The number of methoxy groups -OCH3 is 2. The summed E-state index contributed by atoms with van der Waals surface area (Å²) in [6, 6.07) is 3.71. The fourth-order valence-corrected chi connectivity index (χ4v) is 1.98. The minimum Gasteiger partial charge on any atom is -0.466 e. The van der Waals surface area contributed by atoms with Crippen LogP contribution in [0.2, 0.25) is 0 Å². The maximum atomic E-state index is 11.1. The SMILES string of the molecule is COC(=O)/C=C/CC(OC(=O)OC)c1cccs1. The first-order chi connectivity index (χ1) is 8.67. The zero-order valence-electron chi connectivity index (χ0n) is 10.1. The Hall–Kier alpha value is -1.82. The maximum Gasteiger partial charge on any atom is 0.508 e. The molecular weight excluding hydrogens is 256 g/mol. The molecule has 1 heterocycles. The lowest BCUT2D eigenvalue weighted by molar-refractivity contribution is -0.134. The van der Waals surface area contributed by atoms with Gasteiger partial charge in [0.05, 0.1) is 14.2 Å². The lowest BCUT2D eigenvalue weighted by Gasteiger charge is -2.13. The van der Waals surface area contributed by atoms with Crippen LogP contribution in [0.4, 0.5) is 4.79 Å². The summed E-state index contributed by atoms with van der Waals surface area (Å²) < 4.78 is 14.0. The number of rotatable bonds is 5. The average molecular weight is 270 g/mol. The monoisotopic (exact) mass is 270 g/mol. The van der Waals surface area contributed by atoms with Gasteiger partial charge in [-0.1, -0.05) is 12.1 Å². The summed E-state index contributed by atoms with van der Waals surface area (Å²) in [7, 11) is 2.55. The van der Waals surface area contributed by atoms with Crippen molar-refractivity contribution in [3.8, 4) is 0 Å². The van der Waals surface area contributed by atoms with Crippen LogP contribution in [0.5, 0.6) is 0 Å². The first kappa shape index (κ1) is 14.2. The standard InChI is InChI=1S/C12H14O5S/c1-15-11(13)7-3-5-9(17-12(14)16-2)10-6-4-8-18-10/h3-4,6-9H,5H2,1-2H3/b7-3+. The van der Waals surface area contributed by atoms with Crippen LogP contribution in [0, 0.1) is 0 Å². The van der Waals surface area contributed by atoms with Crippen molar-refractivity contribution in [3.63, 3.8) is 0 Å². The van der Waals surface area contributed by atoms with Gasteiger partial charge in [-0.05, 0) is 11.4 Å². The minimum atomic E-state index is -0.750. The third kappa shape index (κ3) is 4.58. The van der Waals surface area contributed by atoms with E-state index in [2.05, 4.69) is 9.47 Å². The Balaban J connectivity index is 2.64. The molecule has 0 amide bonds. The molecule has 0 fully saturated rings. The molecule has 0 aliphatic heterocycles. The van der Waals surface area contributed by atoms with E-state index in [0.29, 0.717) is 6.42 Å². The van der Waals surface area contributed by atoms with Gasteiger partial charge < -0.3 is 14.2 Å². The molecule has 0 aliphatic carbocycles. The molecule has 0 bridgehead atoms. The fraction of sp³-hybridized carbons (Fsp3) is 0.333. The molecule has 18 heavy (non-hydrogen) atoms. The average Bonchev–Trinajstić information content (AvgIpc) is 2.90. The molecule has 1 rings (SSSR count). The summed E-state index contributed by atoms with van der Waals surface area (Å²) in [6.07, 6.45) is 2.06. The van der Waals surface area contributed by atoms with E-state index in [1.807, 2.05) is 17.5 Å². The van der Waals surface area contributed by atoms with Crippen LogP contribution in [-0.2, 0) is 19.0 Å². The maximum absolute atomic E-state index is 11.1. The Kier molecular flexibility index (Phi) is 5.93. The molecule has 1 atom stereocenters. The Morgan fingerprint density at radius 1 is 1.39 bits per heavy atom. The van der Waals surface area contributed by atoms with Crippen LogP contribution >= 0.6 is 11.3 Å². The smallest absolute Gasteiger partial charge is 0.466 e. The Labute approximate surface area is 109 Å². The molecule has 1 unspecified atom stereocenters. The second-order valence-electron chi connectivity index (χ2n) is 3.24. The molecule has 0 aromatic carbocycles. The third-order valence-corrected chi connectivity index (χ3v) is 3.04. The predicted octanol–water partition coefficient (Wildman–Crippen LogP) is 2.69. The highest BCUT2D eigenvalue weighted by Gasteiger charge is 2.16. The van der Waals surface area contributed by atoms with Gasteiger partial charge in [-0.2, -0.15) is 0 Å². The Morgan fingerprint density at radius 2 is 2.17 bits per heavy atom. The zero-order chi connectivity index (χ0) is 13.4. The fourth-order valence-electron chi connectivity index (χ4n) is 1.22. The number of carbonyl (C=O) groups is 2. The van der Waals surface area contributed by atoms with Crippen molar-refractivity contribution in [2.24, 2.45) is 0 Å². The molecule has 0 N–H and O–H groups in total. The lowest BCUT2D eigenvalue weighted by atomic mass is 10.2. The summed E-state index contributed by atoms with van der Waals surface area (Å²) in [4.78, 5) is 22.9. The molecule has 0 spiro atoms. The highest BCUT2D eigenvalue weighted by molar-refractivity contribution is 7.10. The second-order valence-corrected chi connectivity index (χ2v) is 4.22. The molecule has 1 aromatic rings. The molecule has 6 heteroatoms. The number of hydrogen-bond acceptors (Lipinski definition) is 6. The van der Waals surface area contributed by atoms with Crippen molar-refractivity contribution in [1.82, 2.24) is 0 Å². The summed E-state index contributed by atoms with van der Waals surface area (Å²) in [5.41, 5.74) is 0. The molecule has 1 aromatic heterocycles. The lowest BCUT2D eigenvalue weighted by Crippen LogP contribution is -2.10. The van der Waals surface area contributed by atoms with Crippen LogP contribution < -0.4 is 0 Å². The molecule has 0 saturated carbocycles. The first-order valence-corrected chi connectivity index (χ1v) is 6.07. The number of thiophene rings is 1. The van der Waals surface area contributed by atoms with Crippen LogP contribution in [0.3, 0.4) is 0 Å². The van der Waals surface area contributed by atoms with Crippen molar-refractivity contribution in [2.75, 3.05) is 14.2 Å². The van der Waals surface area contributed by atoms with Gasteiger partial charge in [0.25, 0.3) is 0 Å². The van der Waals surface area contributed by atoms with Crippen LogP contribution in [0.1, 0.15) is 17.4 Å². The van der Waals surface area contributed by atoms with Crippen molar-refractivity contribution >= 4 is 23.5 Å². The van der Waals surface area contributed by atoms with Crippen molar-refractivity contribution in [3.05, 3.63) is 34.5 Å². The molecule has 0 aliphatic rings. The zero-order valence-corrected chi connectivity index (χ0v) is 10.9. The predicted molar refractivity (Wildman–Crippen MR) is 66.3 cm³/mol. The van der Waals surface area contributed by atoms with Crippen LogP contribution in [0.15, 0.2) is 29.7 Å². The molecule has 5 nitrogen and oxygen atoms in total. The van der Waals surface area contributed by atoms with Gasteiger partial charge in [0.15, 0.2) is 0 Å². The van der Waals surface area contributed by atoms with E-state index in [9.17, 15) is 9.59 Å². The van der Waals surface area contributed by atoms with Crippen molar-refractivity contribution in [1.29, 1.82) is 0 Å². The van der Waals surface area contributed by atoms with Crippen molar-refractivity contribution in [2.45, 2.75) is 12.5 Å². The topological polar surface area (TPSA) is 61.8 Å². The summed E-state index contributed by atoms with van der Waals surface area (Å²) >= 11 is 1.47. The minimum absolute atomic E-state index is 0.380. The van der Waals surface area contributed by atoms with Gasteiger partial charge in [0, 0.05) is 17.4 Å². The van der Waals surface area contributed by atoms with Crippen LogP contribution in [0.25, 0.3) is 0 Å². The van der Waals surface area contributed by atoms with Gasteiger partial charge >= 0.3 is 12.1 Å². The van der Waals surface area contributed by atoms with E-state index < -0.39 is 18.2 Å². The van der Waals surface area contributed by atoms with Gasteiger partial charge in [-0.25, -0.2) is 9.59 Å². The number of carbonyl (C=O) groups excluding carboxylic acids is 2. The van der Waals surface area contributed by atoms with E-state index >= 15 is 0 Å². The molecule has 0 saturated heterocycles. The number of esters is 1. The first-order valence-electron chi connectivity index (χ1n) is 5.20. The Morgan fingerprint density at radius 3 is 2.72 bits per heavy atom. The quantitative estimate of drug-likeness (QED) is 0.608. The highest BCUT2D eigenvalue weighted by Crippen LogP contribution is 2.26. The van der Waals surface area contributed by atoms with Crippen molar-refractivity contribution < 1.29 is 23.8 Å². The summed E-state index contributed by atoms with van der Waals surface area (Å²) in [5.74, 6) is -0.446. The van der Waals surface area contributed by atoms with E-state index in [1.54, 1.807) is 6.08 Å². The number of ether oxygens (including phenoxy) is 3. The molecule has 0 radical (unpaired) electrons. The Bertz CT molecular complexity index is 410.